The van der Waals surface area contributed by atoms with Gasteiger partial charge in [0.1, 0.15) is 0 Å². The summed E-state index contributed by atoms with van der Waals surface area (Å²) in [6.45, 7) is 4.04. The molecule has 1 aliphatic rings. The van der Waals surface area contributed by atoms with Crippen LogP contribution in [0.1, 0.15) is 36.9 Å². The largest absolute Gasteiger partial charge is 0.350 e. The van der Waals surface area contributed by atoms with Gasteiger partial charge in [0.15, 0.2) is 0 Å². The zero-order chi connectivity index (χ0) is 13.9. The van der Waals surface area contributed by atoms with Crippen LogP contribution in [0.3, 0.4) is 0 Å². The Morgan fingerprint density at radius 3 is 2.80 bits per heavy atom. The van der Waals surface area contributed by atoms with Gasteiger partial charge >= 0.3 is 0 Å². The third kappa shape index (κ3) is 3.08. The van der Waals surface area contributed by atoms with Crippen LogP contribution >= 0.6 is 11.6 Å². The zero-order valence-electron chi connectivity index (χ0n) is 11.8. The average molecular weight is 289 g/mol. The Balaban J connectivity index is 1.74. The van der Waals surface area contributed by atoms with Gasteiger partial charge in [-0.15, -0.1) is 0 Å². The van der Waals surface area contributed by atoms with E-state index >= 15 is 0 Å². The van der Waals surface area contributed by atoms with E-state index in [0.717, 1.165) is 24.0 Å². The number of benzene rings is 1. The molecular weight excluding hydrogens is 268 g/mol. The standard InChI is InChI=1S/C17H21ClN2/c1-2-19-17(13-7-8-13)15-9-10-20(12-15)11-14-5-3-4-6-16(14)18/h3-6,9-10,12-13,17,19H,2,7-8,11H2,1H3. The summed E-state index contributed by atoms with van der Waals surface area (Å²) < 4.78 is 2.23. The van der Waals surface area contributed by atoms with Crippen LogP contribution < -0.4 is 5.32 Å². The average Bonchev–Trinajstić information content (AvgIpc) is 3.18. The Hall–Kier alpha value is -1.25. The Kier molecular flexibility index (Phi) is 4.13. The molecule has 1 atom stereocenters. The van der Waals surface area contributed by atoms with E-state index in [0.29, 0.717) is 6.04 Å². The molecule has 2 nitrogen and oxygen atoms in total. The van der Waals surface area contributed by atoms with Gasteiger partial charge in [0.25, 0.3) is 0 Å². The maximum Gasteiger partial charge on any atom is 0.0485 e. The minimum atomic E-state index is 0.521. The van der Waals surface area contributed by atoms with Crippen LogP contribution in [0.5, 0.6) is 0 Å². The van der Waals surface area contributed by atoms with Gasteiger partial charge in [-0.3, -0.25) is 0 Å². The maximum atomic E-state index is 6.23. The quantitative estimate of drug-likeness (QED) is 0.841. The molecule has 1 aromatic heterocycles. The third-order valence-electron chi connectivity index (χ3n) is 3.96. The second-order valence-electron chi connectivity index (χ2n) is 5.58. The first-order valence-electron chi connectivity index (χ1n) is 7.40. The van der Waals surface area contributed by atoms with Crippen molar-refractivity contribution < 1.29 is 0 Å². The van der Waals surface area contributed by atoms with Crippen molar-refractivity contribution in [3.05, 3.63) is 58.9 Å². The predicted molar refractivity (Wildman–Crippen MR) is 84.1 cm³/mol. The van der Waals surface area contributed by atoms with E-state index in [1.807, 2.05) is 18.2 Å². The molecule has 3 rings (SSSR count). The van der Waals surface area contributed by atoms with Crippen LogP contribution in [-0.2, 0) is 6.54 Å². The van der Waals surface area contributed by atoms with Gasteiger partial charge in [-0.05, 0) is 48.6 Å². The first kappa shape index (κ1) is 13.7. The van der Waals surface area contributed by atoms with Crippen molar-refractivity contribution >= 4 is 11.6 Å². The Bertz CT molecular complexity index is 572. The van der Waals surface area contributed by atoms with Crippen LogP contribution in [-0.4, -0.2) is 11.1 Å². The molecule has 1 aliphatic carbocycles. The molecule has 3 heteroatoms. The third-order valence-corrected chi connectivity index (χ3v) is 4.33. The van der Waals surface area contributed by atoms with E-state index in [1.165, 1.54) is 24.0 Å². The summed E-state index contributed by atoms with van der Waals surface area (Å²) in [7, 11) is 0. The summed E-state index contributed by atoms with van der Waals surface area (Å²) in [5, 5.41) is 4.45. The summed E-state index contributed by atoms with van der Waals surface area (Å²) in [6.07, 6.45) is 7.13. The fraction of sp³-hybridized carbons (Fsp3) is 0.412. The smallest absolute Gasteiger partial charge is 0.0485 e. The number of aromatic nitrogens is 1. The van der Waals surface area contributed by atoms with Crippen LogP contribution in [0.25, 0.3) is 0 Å². The van der Waals surface area contributed by atoms with Gasteiger partial charge in [0.05, 0.1) is 0 Å². The second kappa shape index (κ2) is 6.02. The lowest BCUT2D eigenvalue weighted by molar-refractivity contribution is 0.495. The molecule has 2 aromatic rings. The molecule has 1 fully saturated rings. The molecule has 1 heterocycles. The molecule has 1 aromatic carbocycles. The highest BCUT2D eigenvalue weighted by atomic mass is 35.5. The van der Waals surface area contributed by atoms with Crippen LogP contribution in [0.2, 0.25) is 5.02 Å². The zero-order valence-corrected chi connectivity index (χ0v) is 12.6. The highest BCUT2D eigenvalue weighted by Gasteiger charge is 2.31. The molecule has 0 saturated heterocycles. The van der Waals surface area contributed by atoms with E-state index in [4.69, 9.17) is 11.6 Å². The van der Waals surface area contributed by atoms with Crippen LogP contribution in [0, 0.1) is 5.92 Å². The highest BCUT2D eigenvalue weighted by molar-refractivity contribution is 6.31. The summed E-state index contributed by atoms with van der Waals surface area (Å²) >= 11 is 6.23. The Morgan fingerprint density at radius 1 is 1.30 bits per heavy atom. The lowest BCUT2D eigenvalue weighted by atomic mass is 10.1. The van der Waals surface area contributed by atoms with Crippen molar-refractivity contribution in [1.29, 1.82) is 0 Å². The molecule has 0 spiro atoms. The molecule has 0 aliphatic heterocycles. The minimum Gasteiger partial charge on any atom is -0.350 e. The minimum absolute atomic E-state index is 0.521. The molecule has 1 saturated carbocycles. The van der Waals surface area contributed by atoms with Gasteiger partial charge in [0, 0.05) is 30.0 Å². The van der Waals surface area contributed by atoms with Crippen molar-refractivity contribution in [2.45, 2.75) is 32.4 Å². The first-order valence-corrected chi connectivity index (χ1v) is 7.78. The highest BCUT2D eigenvalue weighted by Crippen LogP contribution is 2.41. The number of hydrogen-bond donors (Lipinski definition) is 1. The summed E-state index contributed by atoms with van der Waals surface area (Å²) in [4.78, 5) is 0. The number of nitrogens with zero attached hydrogens (tertiary/aromatic N) is 1. The summed E-state index contributed by atoms with van der Waals surface area (Å²) in [5.41, 5.74) is 2.57. The number of nitrogens with one attached hydrogen (secondary N) is 1. The van der Waals surface area contributed by atoms with Gasteiger partial charge in [0.2, 0.25) is 0 Å². The molecule has 0 radical (unpaired) electrons. The van der Waals surface area contributed by atoms with Gasteiger partial charge < -0.3 is 9.88 Å². The normalized spacial score (nSPS) is 16.3. The van der Waals surface area contributed by atoms with E-state index < -0.39 is 0 Å². The second-order valence-corrected chi connectivity index (χ2v) is 5.99. The molecule has 106 valence electrons. The fourth-order valence-corrected chi connectivity index (χ4v) is 2.97. The molecule has 20 heavy (non-hydrogen) atoms. The van der Waals surface area contributed by atoms with E-state index in [9.17, 15) is 0 Å². The van der Waals surface area contributed by atoms with Crippen molar-refractivity contribution in [3.63, 3.8) is 0 Å². The Morgan fingerprint density at radius 2 is 2.10 bits per heavy atom. The van der Waals surface area contributed by atoms with E-state index in [1.54, 1.807) is 0 Å². The van der Waals surface area contributed by atoms with E-state index in [2.05, 4.69) is 41.3 Å². The van der Waals surface area contributed by atoms with Crippen LogP contribution in [0.15, 0.2) is 42.7 Å². The van der Waals surface area contributed by atoms with Gasteiger partial charge in [-0.2, -0.15) is 0 Å². The number of rotatable bonds is 6. The maximum absolute atomic E-state index is 6.23. The van der Waals surface area contributed by atoms with Gasteiger partial charge in [-0.1, -0.05) is 36.7 Å². The molecule has 0 amide bonds. The van der Waals surface area contributed by atoms with E-state index in [-0.39, 0.29) is 0 Å². The number of halogens is 1. The predicted octanol–water partition coefficient (Wildman–Crippen LogP) is 4.25. The van der Waals surface area contributed by atoms with Crippen molar-refractivity contribution in [2.24, 2.45) is 5.92 Å². The first-order chi connectivity index (χ1) is 9.78. The monoisotopic (exact) mass is 288 g/mol. The number of hydrogen-bond acceptors (Lipinski definition) is 1. The fourth-order valence-electron chi connectivity index (χ4n) is 2.77. The van der Waals surface area contributed by atoms with Crippen LogP contribution in [0.4, 0.5) is 0 Å². The molecular formula is C17H21ClN2. The summed E-state index contributed by atoms with van der Waals surface area (Å²) in [5.74, 6) is 0.825. The SMILES string of the molecule is CCNC(c1ccn(Cc2ccccc2Cl)c1)C1CC1. The topological polar surface area (TPSA) is 17.0 Å². The summed E-state index contributed by atoms with van der Waals surface area (Å²) in [6, 6.07) is 10.8. The molecule has 0 bridgehead atoms. The Labute approximate surface area is 125 Å². The molecule has 1 N–H and O–H groups in total. The van der Waals surface area contributed by atoms with Gasteiger partial charge in [-0.25, -0.2) is 0 Å². The van der Waals surface area contributed by atoms with Crippen molar-refractivity contribution in [3.8, 4) is 0 Å². The molecule has 1 unspecified atom stereocenters. The van der Waals surface area contributed by atoms with Crippen molar-refractivity contribution in [1.82, 2.24) is 9.88 Å². The lowest BCUT2D eigenvalue weighted by Crippen LogP contribution is -2.22. The lowest BCUT2D eigenvalue weighted by Gasteiger charge is -2.15. The van der Waals surface area contributed by atoms with Crippen molar-refractivity contribution in [2.75, 3.05) is 6.54 Å².